The highest BCUT2D eigenvalue weighted by Gasteiger charge is 2.33. The zero-order chi connectivity index (χ0) is 15.8. The number of carboxylic acids is 1. The number of hydrogen-bond acceptors (Lipinski definition) is 4. The van der Waals surface area contributed by atoms with Crippen LogP contribution in [0.25, 0.3) is 0 Å². The summed E-state index contributed by atoms with van der Waals surface area (Å²) in [4.78, 5) is 11.3. The average Bonchev–Trinajstić information content (AvgIpc) is 2.85. The molecule has 1 aliphatic heterocycles. The van der Waals surface area contributed by atoms with Gasteiger partial charge in [0.15, 0.2) is 0 Å². The van der Waals surface area contributed by atoms with Crippen molar-refractivity contribution in [3.63, 3.8) is 0 Å². The maximum Gasteiger partial charge on any atom is 0.352 e. The molecule has 1 aliphatic rings. The van der Waals surface area contributed by atoms with Crippen molar-refractivity contribution < 1.29 is 23.1 Å². The van der Waals surface area contributed by atoms with Crippen LogP contribution in [0.4, 0.5) is 0 Å². The molecule has 7 nitrogen and oxygen atoms in total. The molecule has 1 aromatic rings. The Balaban J connectivity index is 2.45. The highest BCUT2D eigenvalue weighted by molar-refractivity contribution is 7.89. The third kappa shape index (κ3) is 2.97. The molecular weight excluding hydrogens is 296 g/mol. The van der Waals surface area contributed by atoms with Crippen molar-refractivity contribution >= 4 is 16.0 Å². The molecule has 0 radical (unpaired) electrons. The number of ether oxygens (including phenoxy) is 1. The van der Waals surface area contributed by atoms with Gasteiger partial charge >= 0.3 is 5.97 Å². The minimum Gasteiger partial charge on any atom is -0.477 e. The third-order valence-corrected chi connectivity index (χ3v) is 5.49. The van der Waals surface area contributed by atoms with E-state index in [0.29, 0.717) is 13.2 Å². The van der Waals surface area contributed by atoms with E-state index in [1.165, 1.54) is 21.1 Å². The fourth-order valence-corrected chi connectivity index (χ4v) is 4.03. The van der Waals surface area contributed by atoms with Gasteiger partial charge in [0.25, 0.3) is 0 Å². The minimum absolute atomic E-state index is 0.0161. The molecule has 118 valence electrons. The van der Waals surface area contributed by atoms with Crippen molar-refractivity contribution in [3.05, 3.63) is 18.0 Å². The summed E-state index contributed by atoms with van der Waals surface area (Å²) in [5.41, 5.74) is -0.0236. The SMILES string of the molecule is CC(C)n1cc(S(=O)(=O)N2CCOC[C@H]2C)cc1C(=O)O. The van der Waals surface area contributed by atoms with Crippen molar-refractivity contribution in [1.82, 2.24) is 8.87 Å². The first-order valence-electron chi connectivity index (χ1n) is 6.80. The Kier molecular flexibility index (Phi) is 4.40. The highest BCUT2D eigenvalue weighted by atomic mass is 32.2. The van der Waals surface area contributed by atoms with Crippen LogP contribution in [0.2, 0.25) is 0 Å². The maximum atomic E-state index is 12.7. The molecule has 8 heteroatoms. The minimum atomic E-state index is -3.71. The quantitative estimate of drug-likeness (QED) is 0.901. The second-order valence-corrected chi connectivity index (χ2v) is 7.30. The van der Waals surface area contributed by atoms with Crippen LogP contribution >= 0.6 is 0 Å². The van der Waals surface area contributed by atoms with E-state index >= 15 is 0 Å². The molecule has 1 fully saturated rings. The predicted molar refractivity (Wildman–Crippen MR) is 75.9 cm³/mol. The average molecular weight is 316 g/mol. The number of sulfonamides is 1. The standard InChI is InChI=1S/C13H20N2O5S/c1-9(2)14-7-11(6-12(14)13(16)17)21(18,19)15-4-5-20-8-10(15)3/h6-7,9-10H,4-5,8H2,1-3H3,(H,16,17)/t10-/m1/s1. The molecule has 0 unspecified atom stereocenters. The van der Waals surface area contributed by atoms with E-state index in [0.717, 1.165) is 0 Å². The van der Waals surface area contributed by atoms with E-state index in [9.17, 15) is 18.3 Å². The molecule has 2 heterocycles. The summed E-state index contributed by atoms with van der Waals surface area (Å²) in [6.45, 7) is 6.35. The van der Waals surface area contributed by atoms with E-state index in [-0.39, 0.29) is 29.2 Å². The lowest BCUT2D eigenvalue weighted by molar-refractivity contribution is 0.0392. The van der Waals surface area contributed by atoms with Crippen LogP contribution in [-0.4, -0.2) is 54.2 Å². The van der Waals surface area contributed by atoms with Gasteiger partial charge in [0.1, 0.15) is 10.6 Å². The zero-order valence-electron chi connectivity index (χ0n) is 12.3. The van der Waals surface area contributed by atoms with Crippen LogP contribution in [0.5, 0.6) is 0 Å². The van der Waals surface area contributed by atoms with Gasteiger partial charge in [-0.15, -0.1) is 0 Å². The molecule has 2 rings (SSSR count). The second-order valence-electron chi connectivity index (χ2n) is 5.41. The van der Waals surface area contributed by atoms with Crippen LogP contribution in [0.1, 0.15) is 37.3 Å². The molecule has 0 bridgehead atoms. The smallest absolute Gasteiger partial charge is 0.352 e. The summed E-state index contributed by atoms with van der Waals surface area (Å²) in [5, 5.41) is 9.21. The Bertz CT molecular complexity index is 635. The summed E-state index contributed by atoms with van der Waals surface area (Å²) in [6.07, 6.45) is 1.39. The van der Waals surface area contributed by atoms with Crippen LogP contribution in [0.15, 0.2) is 17.2 Å². The largest absolute Gasteiger partial charge is 0.477 e. The lowest BCUT2D eigenvalue weighted by atomic mass is 10.3. The Morgan fingerprint density at radius 2 is 2.14 bits per heavy atom. The molecule has 1 atom stereocenters. The number of carboxylic acid groups (broad SMARTS) is 1. The van der Waals surface area contributed by atoms with E-state index in [4.69, 9.17) is 4.74 Å². The monoisotopic (exact) mass is 316 g/mol. The molecule has 0 amide bonds. The summed E-state index contributed by atoms with van der Waals surface area (Å²) >= 11 is 0. The summed E-state index contributed by atoms with van der Waals surface area (Å²) < 4.78 is 33.4. The number of nitrogens with zero attached hydrogens (tertiary/aromatic N) is 2. The number of aromatic nitrogens is 1. The lowest BCUT2D eigenvalue weighted by Crippen LogP contribution is -2.46. The molecule has 0 saturated carbocycles. The first-order chi connectivity index (χ1) is 9.75. The first-order valence-corrected chi connectivity index (χ1v) is 8.24. The summed E-state index contributed by atoms with van der Waals surface area (Å²) in [6, 6.07) is 0.821. The number of aromatic carboxylic acids is 1. The van der Waals surface area contributed by atoms with E-state index < -0.39 is 16.0 Å². The number of hydrogen-bond donors (Lipinski definition) is 1. The van der Waals surface area contributed by atoms with E-state index in [1.807, 2.05) is 0 Å². The molecule has 21 heavy (non-hydrogen) atoms. The number of carbonyl (C=O) groups is 1. The molecular formula is C13H20N2O5S. The van der Waals surface area contributed by atoms with Gasteiger partial charge in [0.05, 0.1) is 13.2 Å². The van der Waals surface area contributed by atoms with Crippen LogP contribution in [0.3, 0.4) is 0 Å². The first kappa shape index (κ1) is 16.0. The van der Waals surface area contributed by atoms with Gasteiger partial charge in [-0.2, -0.15) is 4.31 Å². The normalized spacial score (nSPS) is 20.9. The molecule has 0 aromatic carbocycles. The van der Waals surface area contributed by atoms with Gasteiger partial charge in [0, 0.05) is 24.8 Å². The maximum absolute atomic E-state index is 12.7. The fraction of sp³-hybridized carbons (Fsp3) is 0.615. The Morgan fingerprint density at radius 1 is 1.48 bits per heavy atom. The highest BCUT2D eigenvalue weighted by Crippen LogP contribution is 2.24. The fourth-order valence-electron chi connectivity index (χ4n) is 2.40. The van der Waals surface area contributed by atoms with Gasteiger partial charge in [0.2, 0.25) is 10.0 Å². The summed E-state index contributed by atoms with van der Waals surface area (Å²) in [7, 11) is -3.71. The van der Waals surface area contributed by atoms with Gasteiger partial charge in [-0.3, -0.25) is 0 Å². The summed E-state index contributed by atoms with van der Waals surface area (Å²) in [5.74, 6) is -1.14. The topological polar surface area (TPSA) is 88.8 Å². The predicted octanol–water partition coefficient (Wildman–Crippen LogP) is 1.18. The Hall–Kier alpha value is -1.38. The van der Waals surface area contributed by atoms with Gasteiger partial charge in [-0.05, 0) is 26.8 Å². The number of morpholine rings is 1. The lowest BCUT2D eigenvalue weighted by Gasteiger charge is -2.31. The number of rotatable bonds is 4. The van der Waals surface area contributed by atoms with Crippen molar-refractivity contribution in [2.75, 3.05) is 19.8 Å². The van der Waals surface area contributed by atoms with Crippen molar-refractivity contribution in [2.45, 2.75) is 37.8 Å². The third-order valence-electron chi connectivity index (χ3n) is 3.51. The van der Waals surface area contributed by atoms with Crippen LogP contribution < -0.4 is 0 Å². The zero-order valence-corrected chi connectivity index (χ0v) is 13.1. The van der Waals surface area contributed by atoms with Crippen molar-refractivity contribution in [2.24, 2.45) is 0 Å². The Morgan fingerprint density at radius 3 is 2.62 bits per heavy atom. The van der Waals surface area contributed by atoms with Gasteiger partial charge in [-0.1, -0.05) is 0 Å². The van der Waals surface area contributed by atoms with Gasteiger partial charge < -0.3 is 14.4 Å². The Labute approximate surface area is 124 Å². The van der Waals surface area contributed by atoms with E-state index in [2.05, 4.69) is 0 Å². The molecule has 1 aromatic heterocycles. The molecule has 1 N–H and O–H groups in total. The molecule has 0 aliphatic carbocycles. The van der Waals surface area contributed by atoms with Crippen molar-refractivity contribution in [1.29, 1.82) is 0 Å². The van der Waals surface area contributed by atoms with Crippen molar-refractivity contribution in [3.8, 4) is 0 Å². The molecule has 1 saturated heterocycles. The van der Waals surface area contributed by atoms with Crippen LogP contribution in [-0.2, 0) is 14.8 Å². The van der Waals surface area contributed by atoms with Gasteiger partial charge in [-0.25, -0.2) is 13.2 Å². The van der Waals surface area contributed by atoms with E-state index in [1.54, 1.807) is 20.8 Å². The second kappa shape index (κ2) is 5.78. The van der Waals surface area contributed by atoms with Crippen LogP contribution in [0, 0.1) is 0 Å². The molecule has 0 spiro atoms.